The van der Waals surface area contributed by atoms with Crippen LogP contribution in [0, 0.1) is 0 Å². The van der Waals surface area contributed by atoms with Crippen LogP contribution < -0.4 is 4.90 Å². The van der Waals surface area contributed by atoms with Gasteiger partial charge in [-0.1, -0.05) is 147 Å². The van der Waals surface area contributed by atoms with Crippen molar-refractivity contribution in [1.82, 2.24) is 0 Å². The van der Waals surface area contributed by atoms with Crippen LogP contribution in [0.3, 0.4) is 0 Å². The first-order valence-electron chi connectivity index (χ1n) is 17.5. The van der Waals surface area contributed by atoms with E-state index < -0.39 is 0 Å². The molecule has 0 N–H and O–H groups in total. The topological polar surface area (TPSA) is 3.24 Å². The highest BCUT2D eigenvalue weighted by Crippen LogP contribution is 2.56. The number of nitrogens with zero attached hydrogens (tertiary/aromatic N) is 1. The van der Waals surface area contributed by atoms with E-state index in [2.05, 4.69) is 195 Å². The molecule has 0 fully saturated rings. The standard InChI is InChI=1S/C49H35N/c1-49(2)44-31-38-18-8-7-17-37(38)30-43(44)42-20-11-21-46(48(42)49)50(40-26-24-33-13-4-6-16-36(33)29-40)45-27-25-34-14-9-10-19-41(34)47(45)39-23-22-32-12-3-5-15-35(32)28-39/h3-31H,1-2H3. The van der Waals surface area contributed by atoms with Crippen LogP contribution in [-0.2, 0) is 5.41 Å². The Morgan fingerprint density at radius 2 is 0.980 bits per heavy atom. The van der Waals surface area contributed by atoms with E-state index in [0.717, 1.165) is 5.69 Å². The molecule has 0 unspecified atom stereocenters. The molecule has 0 aromatic heterocycles. The van der Waals surface area contributed by atoms with E-state index in [-0.39, 0.29) is 5.41 Å². The van der Waals surface area contributed by atoms with Gasteiger partial charge in [-0.15, -0.1) is 0 Å². The Labute approximate surface area is 292 Å². The summed E-state index contributed by atoms with van der Waals surface area (Å²) in [5, 5.41) is 9.99. The van der Waals surface area contributed by atoms with Gasteiger partial charge in [0.05, 0.1) is 11.4 Å². The van der Waals surface area contributed by atoms with Crippen molar-refractivity contribution in [2.24, 2.45) is 0 Å². The molecule has 236 valence electrons. The molecule has 1 heteroatoms. The van der Waals surface area contributed by atoms with Crippen LogP contribution in [0.1, 0.15) is 25.0 Å². The summed E-state index contributed by atoms with van der Waals surface area (Å²) in [7, 11) is 0. The number of benzene rings is 9. The van der Waals surface area contributed by atoms with Crippen molar-refractivity contribution < 1.29 is 0 Å². The third kappa shape index (κ3) is 4.33. The maximum absolute atomic E-state index is 2.54. The average Bonchev–Trinajstić information content (AvgIpc) is 3.39. The second-order valence-electron chi connectivity index (χ2n) is 14.2. The van der Waals surface area contributed by atoms with Crippen LogP contribution in [-0.4, -0.2) is 0 Å². The molecule has 0 aliphatic heterocycles. The third-order valence-corrected chi connectivity index (χ3v) is 10.9. The summed E-state index contributed by atoms with van der Waals surface area (Å²) in [6.45, 7) is 4.80. The summed E-state index contributed by atoms with van der Waals surface area (Å²) >= 11 is 0. The molecule has 9 aromatic rings. The number of rotatable bonds is 4. The van der Waals surface area contributed by atoms with Gasteiger partial charge in [0.25, 0.3) is 0 Å². The fraction of sp³-hybridized carbons (Fsp3) is 0.0612. The quantitative estimate of drug-likeness (QED) is 0.186. The largest absolute Gasteiger partial charge is 0.309 e. The van der Waals surface area contributed by atoms with Gasteiger partial charge < -0.3 is 4.90 Å². The normalized spacial score (nSPS) is 13.2. The van der Waals surface area contributed by atoms with Gasteiger partial charge in [0, 0.05) is 16.7 Å². The van der Waals surface area contributed by atoms with E-state index >= 15 is 0 Å². The highest BCUT2D eigenvalue weighted by Gasteiger charge is 2.39. The molecule has 1 aliphatic carbocycles. The minimum absolute atomic E-state index is 0.222. The van der Waals surface area contributed by atoms with E-state index in [4.69, 9.17) is 0 Å². The zero-order chi connectivity index (χ0) is 33.4. The van der Waals surface area contributed by atoms with Crippen molar-refractivity contribution in [1.29, 1.82) is 0 Å². The zero-order valence-corrected chi connectivity index (χ0v) is 28.2. The number of fused-ring (bicyclic) bond motifs is 7. The fourth-order valence-electron chi connectivity index (χ4n) is 8.54. The molecule has 0 bridgehead atoms. The van der Waals surface area contributed by atoms with Crippen molar-refractivity contribution in [3.8, 4) is 22.3 Å². The fourth-order valence-corrected chi connectivity index (χ4v) is 8.54. The number of hydrogen-bond donors (Lipinski definition) is 0. The summed E-state index contributed by atoms with van der Waals surface area (Å²) in [5.41, 5.74) is 11.1. The summed E-state index contributed by atoms with van der Waals surface area (Å²) in [5.74, 6) is 0. The molecule has 1 nitrogen and oxygen atoms in total. The Bertz CT molecular complexity index is 2800. The van der Waals surface area contributed by atoms with Crippen LogP contribution in [0.5, 0.6) is 0 Å². The number of anilines is 3. The third-order valence-electron chi connectivity index (χ3n) is 10.9. The van der Waals surface area contributed by atoms with Gasteiger partial charge in [-0.05, 0) is 113 Å². The molecular formula is C49H35N. The molecule has 0 saturated carbocycles. The van der Waals surface area contributed by atoms with Crippen molar-refractivity contribution in [3.05, 3.63) is 187 Å². The highest BCUT2D eigenvalue weighted by molar-refractivity contribution is 6.08. The summed E-state index contributed by atoms with van der Waals surface area (Å²) in [6.07, 6.45) is 0. The van der Waals surface area contributed by atoms with Crippen molar-refractivity contribution in [2.45, 2.75) is 19.3 Å². The van der Waals surface area contributed by atoms with Crippen LogP contribution in [0.2, 0.25) is 0 Å². The van der Waals surface area contributed by atoms with Crippen LogP contribution in [0.25, 0.3) is 65.3 Å². The predicted octanol–water partition coefficient (Wildman–Crippen LogP) is 13.7. The van der Waals surface area contributed by atoms with E-state index in [1.807, 2.05) is 0 Å². The predicted molar refractivity (Wildman–Crippen MR) is 214 cm³/mol. The lowest BCUT2D eigenvalue weighted by atomic mass is 9.80. The minimum Gasteiger partial charge on any atom is -0.309 e. The Morgan fingerprint density at radius 1 is 0.400 bits per heavy atom. The van der Waals surface area contributed by atoms with Crippen LogP contribution in [0.4, 0.5) is 17.1 Å². The van der Waals surface area contributed by atoms with Gasteiger partial charge in [-0.2, -0.15) is 0 Å². The second-order valence-corrected chi connectivity index (χ2v) is 14.2. The Hall–Kier alpha value is -6.18. The van der Waals surface area contributed by atoms with Crippen LogP contribution >= 0.6 is 0 Å². The molecular weight excluding hydrogens is 603 g/mol. The highest BCUT2D eigenvalue weighted by atomic mass is 15.1. The first kappa shape index (κ1) is 28.8. The van der Waals surface area contributed by atoms with Crippen molar-refractivity contribution in [2.75, 3.05) is 4.90 Å². The van der Waals surface area contributed by atoms with Crippen LogP contribution in [0.15, 0.2) is 176 Å². The molecule has 0 saturated heterocycles. The Kier molecular flexibility index (Phi) is 6.29. The first-order valence-corrected chi connectivity index (χ1v) is 17.5. The average molecular weight is 638 g/mol. The Morgan fingerprint density at radius 3 is 1.72 bits per heavy atom. The van der Waals surface area contributed by atoms with E-state index in [9.17, 15) is 0 Å². The minimum atomic E-state index is -0.222. The van der Waals surface area contributed by atoms with E-state index in [1.54, 1.807) is 0 Å². The second kappa shape index (κ2) is 10.9. The number of hydrogen-bond acceptors (Lipinski definition) is 1. The van der Waals surface area contributed by atoms with Gasteiger partial charge in [0.1, 0.15) is 0 Å². The molecule has 0 spiro atoms. The van der Waals surface area contributed by atoms with E-state index in [1.165, 1.54) is 87.8 Å². The SMILES string of the molecule is CC1(C)c2cc3ccccc3cc2-c2cccc(N(c3ccc4ccccc4c3)c3ccc4ccccc4c3-c3ccc4ccccc4c3)c21. The molecule has 0 atom stereocenters. The van der Waals surface area contributed by atoms with Crippen molar-refractivity contribution >= 4 is 60.2 Å². The molecule has 9 aromatic carbocycles. The van der Waals surface area contributed by atoms with Gasteiger partial charge in [-0.25, -0.2) is 0 Å². The van der Waals surface area contributed by atoms with E-state index in [0.29, 0.717) is 0 Å². The summed E-state index contributed by atoms with van der Waals surface area (Å²) < 4.78 is 0. The summed E-state index contributed by atoms with van der Waals surface area (Å²) in [4.78, 5) is 2.54. The van der Waals surface area contributed by atoms with Gasteiger partial charge in [0.15, 0.2) is 0 Å². The maximum Gasteiger partial charge on any atom is 0.0546 e. The Balaban J connectivity index is 1.30. The van der Waals surface area contributed by atoms with Gasteiger partial charge in [-0.3, -0.25) is 0 Å². The first-order chi connectivity index (χ1) is 24.5. The molecule has 50 heavy (non-hydrogen) atoms. The van der Waals surface area contributed by atoms with Crippen molar-refractivity contribution in [3.63, 3.8) is 0 Å². The maximum atomic E-state index is 2.54. The monoisotopic (exact) mass is 637 g/mol. The summed E-state index contributed by atoms with van der Waals surface area (Å²) in [6, 6.07) is 65.1. The van der Waals surface area contributed by atoms with Gasteiger partial charge >= 0.3 is 0 Å². The molecule has 0 amide bonds. The molecule has 0 radical (unpaired) electrons. The zero-order valence-electron chi connectivity index (χ0n) is 28.2. The smallest absolute Gasteiger partial charge is 0.0546 e. The lowest BCUT2D eigenvalue weighted by molar-refractivity contribution is 0.661. The van der Waals surface area contributed by atoms with Gasteiger partial charge in [0.2, 0.25) is 0 Å². The molecule has 1 aliphatic rings. The molecule has 10 rings (SSSR count). The lowest BCUT2D eigenvalue weighted by Gasteiger charge is -2.34. The molecule has 0 heterocycles. The lowest BCUT2D eigenvalue weighted by Crippen LogP contribution is -2.21.